The molecule has 9 nitrogen and oxygen atoms in total. The molecular formula is C24H18F3N5O4S. The maximum Gasteiger partial charge on any atom is 0.416 e. The Morgan fingerprint density at radius 2 is 1.73 bits per heavy atom. The Morgan fingerprint density at radius 1 is 1.08 bits per heavy atom. The summed E-state index contributed by atoms with van der Waals surface area (Å²) in [5, 5.41) is 18.6. The SMILES string of the molecule is CC1=C(c2c(S(N)(=O)=O)cnn2-c2ccc(C#N)cc2)C(=O)C(C)C(=O)N1c1cccc(C(F)(F)F)c1. The number of hydrogen-bond donors (Lipinski definition) is 1. The van der Waals surface area contributed by atoms with Gasteiger partial charge in [0.05, 0.1) is 46.3 Å². The lowest BCUT2D eigenvalue weighted by Crippen LogP contribution is -2.43. The number of benzene rings is 2. The molecule has 1 unspecified atom stereocenters. The van der Waals surface area contributed by atoms with E-state index in [-0.39, 0.29) is 28.3 Å². The summed E-state index contributed by atoms with van der Waals surface area (Å²) in [6, 6.07) is 11.8. The molecule has 2 heterocycles. The van der Waals surface area contributed by atoms with Crippen LogP contribution in [0, 0.1) is 17.2 Å². The molecule has 0 fully saturated rings. The molecule has 2 N–H and O–H groups in total. The monoisotopic (exact) mass is 529 g/mol. The molecule has 37 heavy (non-hydrogen) atoms. The van der Waals surface area contributed by atoms with Crippen LogP contribution < -0.4 is 10.0 Å². The van der Waals surface area contributed by atoms with Gasteiger partial charge in [0, 0.05) is 11.4 Å². The highest BCUT2D eigenvalue weighted by Crippen LogP contribution is 2.39. The van der Waals surface area contributed by atoms with Crippen molar-refractivity contribution in [3.8, 4) is 11.8 Å². The number of hydrogen-bond acceptors (Lipinski definition) is 6. The molecule has 1 atom stereocenters. The fraction of sp³-hybridized carbons (Fsp3) is 0.167. The van der Waals surface area contributed by atoms with Crippen LogP contribution in [0.25, 0.3) is 11.3 Å². The molecule has 2 aromatic carbocycles. The Bertz CT molecular complexity index is 1620. The Balaban J connectivity index is 2.02. The number of amides is 1. The van der Waals surface area contributed by atoms with E-state index >= 15 is 0 Å². The molecule has 1 amide bonds. The number of rotatable bonds is 4. The summed E-state index contributed by atoms with van der Waals surface area (Å²) in [6.45, 7) is 2.59. The van der Waals surface area contributed by atoms with Crippen molar-refractivity contribution in [2.24, 2.45) is 11.1 Å². The molecule has 0 saturated heterocycles. The number of anilines is 1. The lowest BCUT2D eigenvalue weighted by atomic mass is 9.89. The predicted octanol–water partition coefficient (Wildman–Crippen LogP) is 3.39. The van der Waals surface area contributed by atoms with Crippen molar-refractivity contribution < 1.29 is 31.2 Å². The van der Waals surface area contributed by atoms with Gasteiger partial charge in [0.1, 0.15) is 4.90 Å². The first-order valence-electron chi connectivity index (χ1n) is 10.6. The van der Waals surface area contributed by atoms with Crippen LogP contribution in [0.3, 0.4) is 0 Å². The third-order valence-corrected chi connectivity index (χ3v) is 6.79. The third-order valence-electron chi connectivity index (χ3n) is 5.88. The Hall–Kier alpha value is -4.28. The molecule has 4 rings (SSSR count). The van der Waals surface area contributed by atoms with Crippen LogP contribution in [0.4, 0.5) is 18.9 Å². The van der Waals surface area contributed by atoms with Gasteiger partial charge in [-0.2, -0.15) is 23.5 Å². The minimum atomic E-state index is -4.69. The predicted molar refractivity (Wildman–Crippen MR) is 125 cm³/mol. The first-order valence-corrected chi connectivity index (χ1v) is 12.2. The molecule has 13 heteroatoms. The summed E-state index contributed by atoms with van der Waals surface area (Å²) in [4.78, 5) is 27.0. The number of alkyl halides is 3. The number of Topliss-reactive ketones (excluding diaryl/α,β-unsaturated/α-hetero) is 1. The van der Waals surface area contributed by atoms with Crippen molar-refractivity contribution in [1.29, 1.82) is 5.26 Å². The Labute approximate surface area is 209 Å². The molecule has 0 aliphatic carbocycles. The molecule has 0 radical (unpaired) electrons. The maximum absolute atomic E-state index is 13.4. The zero-order chi connectivity index (χ0) is 27.3. The highest BCUT2D eigenvalue weighted by molar-refractivity contribution is 7.89. The van der Waals surface area contributed by atoms with Gasteiger partial charge in [0.25, 0.3) is 0 Å². The number of aromatic nitrogens is 2. The summed E-state index contributed by atoms with van der Waals surface area (Å²) >= 11 is 0. The van der Waals surface area contributed by atoms with Crippen LogP contribution in [0.2, 0.25) is 0 Å². The third kappa shape index (κ3) is 4.52. The summed E-state index contributed by atoms with van der Waals surface area (Å²) in [7, 11) is -4.44. The Morgan fingerprint density at radius 3 is 2.30 bits per heavy atom. The van der Waals surface area contributed by atoms with Crippen molar-refractivity contribution in [2.75, 3.05) is 4.90 Å². The van der Waals surface area contributed by atoms with Gasteiger partial charge < -0.3 is 0 Å². The molecule has 1 aliphatic rings. The first kappa shape index (κ1) is 25.8. The maximum atomic E-state index is 13.4. The second kappa shape index (κ2) is 8.99. The zero-order valence-electron chi connectivity index (χ0n) is 19.3. The van der Waals surface area contributed by atoms with Crippen LogP contribution in [-0.4, -0.2) is 29.9 Å². The highest BCUT2D eigenvalue weighted by Gasteiger charge is 2.42. The van der Waals surface area contributed by atoms with Gasteiger partial charge >= 0.3 is 6.18 Å². The normalized spacial score (nSPS) is 16.8. The van der Waals surface area contributed by atoms with Gasteiger partial charge in [-0.05, 0) is 56.3 Å². The second-order valence-electron chi connectivity index (χ2n) is 8.24. The van der Waals surface area contributed by atoms with Crippen molar-refractivity contribution in [1.82, 2.24) is 9.78 Å². The number of halogens is 3. The number of ketones is 1. The number of primary sulfonamides is 1. The van der Waals surface area contributed by atoms with E-state index in [0.29, 0.717) is 5.56 Å². The van der Waals surface area contributed by atoms with Crippen LogP contribution >= 0.6 is 0 Å². The first-order chi connectivity index (χ1) is 17.3. The molecular weight excluding hydrogens is 511 g/mol. The smallest absolute Gasteiger partial charge is 0.293 e. The fourth-order valence-corrected chi connectivity index (χ4v) is 4.70. The molecule has 1 aromatic heterocycles. The van der Waals surface area contributed by atoms with Crippen molar-refractivity contribution in [2.45, 2.75) is 24.9 Å². The zero-order valence-corrected chi connectivity index (χ0v) is 20.1. The van der Waals surface area contributed by atoms with Gasteiger partial charge in [-0.25, -0.2) is 18.2 Å². The summed E-state index contributed by atoms with van der Waals surface area (Å²) in [5.41, 5.74) is -1.20. The lowest BCUT2D eigenvalue weighted by molar-refractivity contribution is -0.137. The van der Waals surface area contributed by atoms with Crippen molar-refractivity contribution in [3.63, 3.8) is 0 Å². The van der Waals surface area contributed by atoms with E-state index in [1.165, 1.54) is 44.2 Å². The highest BCUT2D eigenvalue weighted by atomic mass is 32.2. The average Bonchev–Trinajstić information content (AvgIpc) is 3.28. The number of nitriles is 1. The van der Waals surface area contributed by atoms with E-state index in [4.69, 9.17) is 10.4 Å². The van der Waals surface area contributed by atoms with Crippen LogP contribution in [0.1, 0.15) is 30.7 Å². The quantitative estimate of drug-likeness (QED) is 0.514. The van der Waals surface area contributed by atoms with Crippen molar-refractivity contribution >= 4 is 33.0 Å². The number of carbonyl (C=O) groups excluding carboxylic acids is 2. The van der Waals surface area contributed by atoms with Gasteiger partial charge in [0.15, 0.2) is 5.78 Å². The number of nitrogens with zero attached hydrogens (tertiary/aromatic N) is 4. The minimum Gasteiger partial charge on any atom is -0.293 e. The largest absolute Gasteiger partial charge is 0.416 e. The number of allylic oxidation sites excluding steroid dienone is 2. The van der Waals surface area contributed by atoms with E-state index in [0.717, 1.165) is 34.0 Å². The van der Waals surface area contributed by atoms with Crippen LogP contribution in [0.15, 0.2) is 65.3 Å². The number of nitrogens with two attached hydrogens (primary N) is 1. The molecule has 0 saturated carbocycles. The molecule has 0 spiro atoms. The summed E-state index contributed by atoms with van der Waals surface area (Å²) < 4.78 is 66.1. The molecule has 0 bridgehead atoms. The van der Waals surface area contributed by atoms with Gasteiger partial charge in [-0.1, -0.05) is 6.07 Å². The van der Waals surface area contributed by atoms with Crippen LogP contribution in [-0.2, 0) is 25.8 Å². The van der Waals surface area contributed by atoms with E-state index in [1.54, 1.807) is 0 Å². The average molecular weight is 530 g/mol. The van der Waals surface area contributed by atoms with Gasteiger partial charge in [0.2, 0.25) is 15.9 Å². The fourth-order valence-electron chi connectivity index (χ4n) is 4.05. The minimum absolute atomic E-state index is 0.104. The van der Waals surface area contributed by atoms with Gasteiger partial charge in [-0.15, -0.1) is 0 Å². The molecule has 3 aromatic rings. The molecule has 1 aliphatic heterocycles. The van der Waals surface area contributed by atoms with Crippen molar-refractivity contribution in [3.05, 3.63) is 77.2 Å². The van der Waals surface area contributed by atoms with E-state index < -0.39 is 44.3 Å². The lowest BCUT2D eigenvalue weighted by Gasteiger charge is -2.33. The van der Waals surface area contributed by atoms with E-state index in [2.05, 4.69) is 5.10 Å². The summed E-state index contributed by atoms with van der Waals surface area (Å²) in [5.74, 6) is -2.90. The second-order valence-corrected chi connectivity index (χ2v) is 9.77. The molecule has 190 valence electrons. The number of sulfonamides is 1. The van der Waals surface area contributed by atoms with Gasteiger partial charge in [-0.3, -0.25) is 14.5 Å². The van der Waals surface area contributed by atoms with Crippen LogP contribution in [0.5, 0.6) is 0 Å². The van der Waals surface area contributed by atoms with E-state index in [9.17, 15) is 31.2 Å². The number of carbonyl (C=O) groups is 2. The summed E-state index contributed by atoms with van der Waals surface area (Å²) in [6.07, 6.45) is -3.75. The topological polar surface area (TPSA) is 139 Å². The standard InChI is InChI=1S/C24H18F3N5O4S/c1-13-22(33)20(14(2)31(23(13)34)18-5-3-4-16(10-18)24(25,26)27)21-19(37(29,35)36)12-30-32(21)17-8-6-15(11-28)7-9-17/h3-10,12-13H,1-2H3,(H2,29,35,36). The Kier molecular flexibility index (Phi) is 6.27. The van der Waals surface area contributed by atoms with E-state index in [1.807, 2.05) is 6.07 Å².